The second kappa shape index (κ2) is 5.75. The molecule has 0 aliphatic rings. The van der Waals surface area contributed by atoms with Crippen LogP contribution in [0.3, 0.4) is 0 Å². The molecule has 0 amide bonds. The van der Waals surface area contributed by atoms with Gasteiger partial charge in [0, 0.05) is 10.5 Å². The van der Waals surface area contributed by atoms with Crippen molar-refractivity contribution in [2.24, 2.45) is 5.11 Å². The van der Waals surface area contributed by atoms with Gasteiger partial charge in [0.05, 0.1) is 17.7 Å². The normalized spacial score (nSPS) is 11.3. The van der Waals surface area contributed by atoms with Crippen LogP contribution >= 0.6 is 0 Å². The summed E-state index contributed by atoms with van der Waals surface area (Å²) in [5.41, 5.74) is 4.61. The lowest BCUT2D eigenvalue weighted by atomic mass is 10.0. The Balaban J connectivity index is 3.30. The van der Waals surface area contributed by atoms with Gasteiger partial charge >= 0.3 is 12.4 Å². The van der Waals surface area contributed by atoms with Crippen LogP contribution in [0.25, 0.3) is 10.4 Å². The highest BCUT2D eigenvalue weighted by atomic mass is 19.4. The van der Waals surface area contributed by atoms with Crippen molar-refractivity contribution in [3.63, 3.8) is 0 Å². The first kappa shape index (κ1) is 15.7. The van der Waals surface area contributed by atoms with E-state index in [2.05, 4.69) is 21.9 Å². The van der Waals surface area contributed by atoms with E-state index in [1.807, 2.05) is 0 Å². The summed E-state index contributed by atoms with van der Waals surface area (Å²) >= 11 is 0. The fraction of sp³-hybridized carbons (Fsp3) is 0.273. The smallest absolute Gasteiger partial charge is 0.166 e. The molecule has 0 N–H and O–H groups in total. The van der Waals surface area contributed by atoms with Gasteiger partial charge in [0.25, 0.3) is 0 Å². The maximum absolute atomic E-state index is 12.5. The van der Waals surface area contributed by atoms with Gasteiger partial charge in [-0.15, -0.1) is 0 Å². The average Bonchev–Trinajstić information content (AvgIpc) is 2.32. The zero-order valence-electron chi connectivity index (χ0n) is 9.55. The number of nitrogens with zero attached hydrogens (tertiary/aromatic N) is 3. The number of azide groups is 1. The van der Waals surface area contributed by atoms with Crippen LogP contribution < -0.4 is 0 Å². The van der Waals surface area contributed by atoms with Crippen molar-refractivity contribution in [3.05, 3.63) is 45.3 Å². The summed E-state index contributed by atoms with van der Waals surface area (Å²) in [6.07, 6.45) is -9.83. The number of halogens is 6. The fourth-order valence-electron chi connectivity index (χ4n) is 1.24. The van der Waals surface area contributed by atoms with Gasteiger partial charge in [0.1, 0.15) is 0 Å². The van der Waals surface area contributed by atoms with Crippen molar-refractivity contribution in [1.82, 2.24) is 0 Å². The molecule has 0 atom stereocenters. The molecule has 0 saturated heterocycles. The molecule has 0 aliphatic heterocycles. The van der Waals surface area contributed by atoms with Gasteiger partial charge in [-0.2, -0.15) is 26.3 Å². The van der Waals surface area contributed by atoms with Gasteiger partial charge in [-0.1, -0.05) is 17.0 Å². The summed E-state index contributed by atoms with van der Waals surface area (Å²) in [5, 5.41) is 2.99. The molecule has 0 heterocycles. The number of hydrogen-bond donors (Lipinski definition) is 0. The second-order valence-corrected chi connectivity index (χ2v) is 3.49. The van der Waals surface area contributed by atoms with Crippen molar-refractivity contribution in [1.29, 1.82) is 0 Å². The lowest BCUT2D eigenvalue weighted by Crippen LogP contribution is -2.11. The molecular formula is C11H5F6N3. The van der Waals surface area contributed by atoms with E-state index in [9.17, 15) is 26.3 Å². The minimum atomic E-state index is -4.91. The minimum absolute atomic E-state index is 0.0125. The molecule has 20 heavy (non-hydrogen) atoms. The van der Waals surface area contributed by atoms with E-state index in [4.69, 9.17) is 5.53 Å². The van der Waals surface area contributed by atoms with E-state index in [1.165, 1.54) is 0 Å². The Morgan fingerprint density at radius 1 is 1.00 bits per heavy atom. The first-order chi connectivity index (χ1) is 9.14. The van der Waals surface area contributed by atoms with Crippen molar-refractivity contribution in [2.45, 2.75) is 12.4 Å². The van der Waals surface area contributed by atoms with Crippen LogP contribution in [0, 0.1) is 11.8 Å². The standard InChI is InChI=1S/C11H5F6N3/c12-10(13,14)8-4-7(2-1-3-19-20-18)5-9(6-8)11(15,16)17/h4-6H,3H2. The highest BCUT2D eigenvalue weighted by Gasteiger charge is 2.36. The summed E-state index contributed by atoms with van der Waals surface area (Å²) in [7, 11) is 0. The largest absolute Gasteiger partial charge is 0.416 e. The van der Waals surface area contributed by atoms with Crippen molar-refractivity contribution in [2.75, 3.05) is 6.54 Å². The van der Waals surface area contributed by atoms with Crippen LogP contribution in [0.5, 0.6) is 0 Å². The van der Waals surface area contributed by atoms with Crippen LogP contribution in [0.15, 0.2) is 23.3 Å². The molecule has 0 bridgehead atoms. The molecule has 0 aromatic heterocycles. The number of rotatable bonds is 1. The molecule has 106 valence electrons. The van der Waals surface area contributed by atoms with Gasteiger partial charge in [-0.05, 0) is 23.7 Å². The molecule has 9 heteroatoms. The van der Waals surface area contributed by atoms with Gasteiger partial charge in [0.15, 0.2) is 0 Å². The van der Waals surface area contributed by atoms with Crippen LogP contribution in [0.4, 0.5) is 26.3 Å². The van der Waals surface area contributed by atoms with Gasteiger partial charge in [-0.25, -0.2) is 0 Å². The lowest BCUT2D eigenvalue weighted by Gasteiger charge is -2.12. The Bertz CT molecular complexity index is 567. The third-order valence-corrected chi connectivity index (χ3v) is 2.03. The Morgan fingerprint density at radius 2 is 1.50 bits per heavy atom. The van der Waals surface area contributed by atoms with Crippen LogP contribution in [0.1, 0.15) is 16.7 Å². The van der Waals surface area contributed by atoms with Gasteiger partial charge in [-0.3, -0.25) is 0 Å². The molecule has 3 nitrogen and oxygen atoms in total. The van der Waals surface area contributed by atoms with Crippen molar-refractivity contribution >= 4 is 0 Å². The molecule has 0 saturated carbocycles. The van der Waals surface area contributed by atoms with E-state index in [0.717, 1.165) is 0 Å². The van der Waals surface area contributed by atoms with Gasteiger partial charge < -0.3 is 0 Å². The number of alkyl halides is 6. The number of hydrogen-bond acceptors (Lipinski definition) is 1. The zero-order chi connectivity index (χ0) is 15.4. The van der Waals surface area contributed by atoms with Gasteiger partial charge in [0.2, 0.25) is 0 Å². The Hall–Kier alpha value is -2.33. The Kier molecular flexibility index (Phi) is 4.53. The summed E-state index contributed by atoms with van der Waals surface area (Å²) in [4.78, 5) is 2.34. The summed E-state index contributed by atoms with van der Waals surface area (Å²) in [6, 6.07) is 1.01. The molecule has 1 aromatic rings. The van der Waals surface area contributed by atoms with E-state index >= 15 is 0 Å². The molecular weight excluding hydrogens is 288 g/mol. The maximum Gasteiger partial charge on any atom is 0.416 e. The SMILES string of the molecule is [N-]=[N+]=NCC#Cc1cc(C(F)(F)F)cc(C(F)(F)F)c1. The summed E-state index contributed by atoms with van der Waals surface area (Å²) < 4.78 is 75.0. The highest BCUT2D eigenvalue weighted by molar-refractivity contribution is 5.42. The topological polar surface area (TPSA) is 48.8 Å². The van der Waals surface area contributed by atoms with Crippen LogP contribution in [0.2, 0.25) is 0 Å². The molecule has 0 aliphatic carbocycles. The Morgan fingerprint density at radius 3 is 1.90 bits per heavy atom. The molecule has 0 spiro atoms. The van der Waals surface area contributed by atoms with Crippen LogP contribution in [-0.2, 0) is 12.4 Å². The highest BCUT2D eigenvalue weighted by Crippen LogP contribution is 2.36. The molecule has 1 rings (SSSR count). The summed E-state index contributed by atoms with van der Waals surface area (Å²) in [6.45, 7) is -0.353. The first-order valence-corrected chi connectivity index (χ1v) is 4.94. The average molecular weight is 293 g/mol. The predicted octanol–water partition coefficient (Wildman–Crippen LogP) is 4.39. The zero-order valence-corrected chi connectivity index (χ0v) is 9.55. The third-order valence-electron chi connectivity index (χ3n) is 2.03. The second-order valence-electron chi connectivity index (χ2n) is 3.49. The van der Waals surface area contributed by atoms with E-state index in [0.29, 0.717) is 12.1 Å². The lowest BCUT2D eigenvalue weighted by molar-refractivity contribution is -0.143. The van der Waals surface area contributed by atoms with E-state index in [-0.39, 0.29) is 12.6 Å². The van der Waals surface area contributed by atoms with Crippen molar-refractivity contribution in [3.8, 4) is 11.8 Å². The minimum Gasteiger partial charge on any atom is -0.166 e. The summed E-state index contributed by atoms with van der Waals surface area (Å²) in [5.74, 6) is 4.24. The van der Waals surface area contributed by atoms with E-state index in [1.54, 1.807) is 0 Å². The van der Waals surface area contributed by atoms with Crippen LogP contribution in [-0.4, -0.2) is 6.54 Å². The predicted molar refractivity (Wildman–Crippen MR) is 57.3 cm³/mol. The monoisotopic (exact) mass is 293 g/mol. The third kappa shape index (κ3) is 4.40. The Labute approximate surface area is 108 Å². The molecule has 0 fully saturated rings. The fourth-order valence-corrected chi connectivity index (χ4v) is 1.24. The quantitative estimate of drug-likeness (QED) is 0.242. The molecule has 0 unspecified atom stereocenters. The molecule has 0 radical (unpaired) electrons. The van der Waals surface area contributed by atoms with E-state index < -0.39 is 29.0 Å². The first-order valence-electron chi connectivity index (χ1n) is 4.94. The molecule has 1 aromatic carbocycles. The van der Waals surface area contributed by atoms with Crippen molar-refractivity contribution < 1.29 is 26.3 Å². The number of benzene rings is 1. The maximum atomic E-state index is 12.5.